The highest BCUT2D eigenvalue weighted by Gasteiger charge is 2.40. The molecule has 0 saturated carbocycles. The van der Waals surface area contributed by atoms with Crippen molar-refractivity contribution >= 4 is 23.1 Å². The maximum absolute atomic E-state index is 11.4. The molecular formula is C17H18N6O5. The fraction of sp³-hybridized carbons (Fsp3) is 0.412. The van der Waals surface area contributed by atoms with Crippen molar-refractivity contribution in [2.75, 3.05) is 6.61 Å². The highest BCUT2D eigenvalue weighted by atomic mass is 16.6. The van der Waals surface area contributed by atoms with Crippen LogP contribution in [-0.2, 0) is 23.8 Å². The van der Waals surface area contributed by atoms with Gasteiger partial charge >= 0.3 is 11.9 Å². The van der Waals surface area contributed by atoms with E-state index in [0.29, 0.717) is 23.4 Å². The van der Waals surface area contributed by atoms with E-state index < -0.39 is 30.4 Å². The van der Waals surface area contributed by atoms with Gasteiger partial charge in [-0.3, -0.25) is 18.7 Å². The molecule has 3 atom stereocenters. The molecule has 1 aliphatic heterocycles. The Kier molecular flexibility index (Phi) is 4.74. The van der Waals surface area contributed by atoms with Crippen LogP contribution in [0.1, 0.15) is 26.5 Å². The number of hydrogen-bond acceptors (Lipinski definition) is 9. The monoisotopic (exact) mass is 386 g/mol. The molecule has 1 saturated heterocycles. The molecule has 0 aromatic carbocycles. The molecule has 0 amide bonds. The lowest BCUT2D eigenvalue weighted by atomic mass is 10.2. The van der Waals surface area contributed by atoms with Gasteiger partial charge in [0.1, 0.15) is 37.7 Å². The van der Waals surface area contributed by atoms with Crippen molar-refractivity contribution < 1.29 is 23.8 Å². The number of imidazole rings is 2. The van der Waals surface area contributed by atoms with E-state index in [1.54, 1.807) is 34.2 Å². The minimum atomic E-state index is -0.579. The Labute approximate surface area is 159 Å². The second-order valence-corrected chi connectivity index (χ2v) is 6.31. The van der Waals surface area contributed by atoms with E-state index in [0.717, 1.165) is 0 Å². The van der Waals surface area contributed by atoms with E-state index in [-0.39, 0.29) is 6.61 Å². The molecule has 0 aliphatic carbocycles. The van der Waals surface area contributed by atoms with Gasteiger partial charge in [0.25, 0.3) is 0 Å². The molecule has 0 radical (unpaired) electrons. The maximum Gasteiger partial charge on any atom is 0.303 e. The van der Waals surface area contributed by atoms with Crippen LogP contribution in [-0.4, -0.2) is 59.8 Å². The largest absolute Gasteiger partial charge is 0.463 e. The zero-order valence-electron chi connectivity index (χ0n) is 15.3. The Balaban J connectivity index is 1.63. The Morgan fingerprint density at radius 1 is 1.21 bits per heavy atom. The molecule has 28 heavy (non-hydrogen) atoms. The summed E-state index contributed by atoms with van der Waals surface area (Å²) in [6.45, 7) is 2.63. The molecule has 146 valence electrons. The number of fused-ring (bicyclic) bond motifs is 1. The van der Waals surface area contributed by atoms with Gasteiger partial charge in [-0.05, 0) is 0 Å². The lowest BCUT2D eigenvalue weighted by molar-refractivity contribution is -0.155. The minimum Gasteiger partial charge on any atom is -0.463 e. The van der Waals surface area contributed by atoms with Crippen molar-refractivity contribution in [1.82, 2.24) is 29.1 Å². The number of ether oxygens (including phenoxy) is 3. The number of esters is 2. The van der Waals surface area contributed by atoms with Crippen molar-refractivity contribution in [1.29, 1.82) is 0 Å². The molecule has 11 heteroatoms. The first-order valence-corrected chi connectivity index (χ1v) is 8.65. The molecular weight excluding hydrogens is 368 g/mol. The standard InChI is InChI=1S/C17H18N6O5/c1-10(24)26-6-13-12(27-11(2)25)5-14(28-13)23-9-21-15-16(19-7-20-17(15)23)22-4-3-18-8-22/h3-4,7-9,12-14H,5-6H2,1-2H3/t12-,13+,14+/m0/s1. The first kappa shape index (κ1) is 18.0. The summed E-state index contributed by atoms with van der Waals surface area (Å²) in [5.41, 5.74) is 1.15. The summed E-state index contributed by atoms with van der Waals surface area (Å²) in [6.07, 6.45) is 6.83. The zero-order chi connectivity index (χ0) is 19.7. The lowest BCUT2D eigenvalue weighted by Crippen LogP contribution is -2.31. The molecule has 4 rings (SSSR count). The summed E-state index contributed by atoms with van der Waals surface area (Å²) in [7, 11) is 0. The van der Waals surface area contributed by atoms with Gasteiger partial charge in [0.2, 0.25) is 0 Å². The van der Waals surface area contributed by atoms with E-state index in [4.69, 9.17) is 14.2 Å². The van der Waals surface area contributed by atoms with Gasteiger partial charge in [-0.2, -0.15) is 0 Å². The van der Waals surface area contributed by atoms with E-state index in [9.17, 15) is 9.59 Å². The number of nitrogens with zero attached hydrogens (tertiary/aromatic N) is 6. The Morgan fingerprint density at radius 3 is 2.79 bits per heavy atom. The average Bonchev–Trinajstić information content (AvgIpc) is 3.38. The molecule has 0 bridgehead atoms. The van der Waals surface area contributed by atoms with Gasteiger partial charge in [0.15, 0.2) is 17.0 Å². The minimum absolute atomic E-state index is 0.00825. The third-order valence-electron chi connectivity index (χ3n) is 4.35. The van der Waals surface area contributed by atoms with Crippen molar-refractivity contribution in [3.63, 3.8) is 0 Å². The summed E-state index contributed by atoms with van der Waals surface area (Å²) < 4.78 is 19.9. The topological polar surface area (TPSA) is 123 Å². The second kappa shape index (κ2) is 7.35. The van der Waals surface area contributed by atoms with Crippen LogP contribution in [0.4, 0.5) is 0 Å². The van der Waals surface area contributed by atoms with Gasteiger partial charge in [0.05, 0.1) is 6.33 Å². The number of aromatic nitrogens is 6. The smallest absolute Gasteiger partial charge is 0.303 e. The fourth-order valence-corrected chi connectivity index (χ4v) is 3.18. The first-order valence-electron chi connectivity index (χ1n) is 8.65. The Hall–Kier alpha value is -3.34. The van der Waals surface area contributed by atoms with Crippen LogP contribution in [0.15, 0.2) is 31.4 Å². The van der Waals surface area contributed by atoms with E-state index >= 15 is 0 Å². The van der Waals surface area contributed by atoms with Crippen LogP contribution in [0.2, 0.25) is 0 Å². The first-order chi connectivity index (χ1) is 13.5. The Morgan fingerprint density at radius 2 is 2.07 bits per heavy atom. The lowest BCUT2D eigenvalue weighted by Gasteiger charge is -2.17. The molecule has 0 spiro atoms. The van der Waals surface area contributed by atoms with Crippen LogP contribution < -0.4 is 0 Å². The summed E-state index contributed by atoms with van der Waals surface area (Å²) in [4.78, 5) is 39.6. The fourth-order valence-electron chi connectivity index (χ4n) is 3.18. The van der Waals surface area contributed by atoms with Crippen molar-refractivity contribution in [3.05, 3.63) is 31.4 Å². The van der Waals surface area contributed by atoms with Crippen LogP contribution >= 0.6 is 0 Å². The highest BCUT2D eigenvalue weighted by molar-refractivity contribution is 5.78. The van der Waals surface area contributed by atoms with Crippen molar-refractivity contribution in [3.8, 4) is 5.82 Å². The van der Waals surface area contributed by atoms with Gasteiger partial charge < -0.3 is 14.2 Å². The molecule has 4 heterocycles. The van der Waals surface area contributed by atoms with Gasteiger partial charge in [0, 0.05) is 32.7 Å². The Bertz CT molecular complexity index is 1000. The van der Waals surface area contributed by atoms with Crippen LogP contribution in [0, 0.1) is 0 Å². The molecule has 3 aromatic heterocycles. The number of rotatable bonds is 5. The quantitative estimate of drug-likeness (QED) is 0.586. The maximum atomic E-state index is 11.4. The molecule has 0 unspecified atom stereocenters. The normalized spacial score (nSPS) is 21.7. The van der Waals surface area contributed by atoms with Crippen molar-refractivity contribution in [2.45, 2.75) is 38.7 Å². The van der Waals surface area contributed by atoms with Gasteiger partial charge in [-0.1, -0.05) is 0 Å². The van der Waals surface area contributed by atoms with Crippen LogP contribution in [0.3, 0.4) is 0 Å². The summed E-state index contributed by atoms with van der Waals surface area (Å²) in [5, 5.41) is 0. The number of carbonyl (C=O) groups is 2. The van der Waals surface area contributed by atoms with Crippen LogP contribution in [0.25, 0.3) is 17.0 Å². The average molecular weight is 386 g/mol. The molecule has 1 aliphatic rings. The predicted octanol–water partition coefficient (Wildman–Crippen LogP) is 0.794. The molecule has 11 nitrogen and oxygen atoms in total. The van der Waals surface area contributed by atoms with E-state index in [2.05, 4.69) is 19.9 Å². The van der Waals surface area contributed by atoms with E-state index in [1.807, 2.05) is 0 Å². The molecule has 3 aromatic rings. The zero-order valence-corrected chi connectivity index (χ0v) is 15.3. The summed E-state index contributed by atoms with van der Waals surface area (Å²) in [5.74, 6) is -0.269. The third kappa shape index (κ3) is 3.43. The number of carbonyl (C=O) groups excluding carboxylic acids is 2. The summed E-state index contributed by atoms with van der Waals surface area (Å²) in [6, 6.07) is 0. The predicted molar refractivity (Wildman–Crippen MR) is 93.2 cm³/mol. The third-order valence-corrected chi connectivity index (χ3v) is 4.35. The highest BCUT2D eigenvalue weighted by Crippen LogP contribution is 2.33. The van der Waals surface area contributed by atoms with Gasteiger partial charge in [-0.15, -0.1) is 0 Å². The SMILES string of the molecule is CC(=O)OC[C@H]1O[C@@H](n2cnc3c(-n4ccnc4)ncnc32)C[C@@H]1OC(C)=O. The summed E-state index contributed by atoms with van der Waals surface area (Å²) >= 11 is 0. The van der Waals surface area contributed by atoms with Crippen molar-refractivity contribution in [2.24, 2.45) is 0 Å². The second-order valence-electron chi connectivity index (χ2n) is 6.31. The van der Waals surface area contributed by atoms with E-state index in [1.165, 1.54) is 20.2 Å². The number of hydrogen-bond donors (Lipinski definition) is 0. The molecule has 1 fully saturated rings. The molecule has 0 N–H and O–H groups in total. The van der Waals surface area contributed by atoms with Crippen LogP contribution in [0.5, 0.6) is 0 Å². The van der Waals surface area contributed by atoms with Gasteiger partial charge in [-0.25, -0.2) is 19.9 Å².